The number of pyridine rings is 1. The van der Waals surface area contributed by atoms with E-state index in [2.05, 4.69) is 23.7 Å². The first-order chi connectivity index (χ1) is 8.58. The molecule has 100 valence electrons. The van der Waals surface area contributed by atoms with Crippen LogP contribution < -0.4 is 10.5 Å². The average molecular weight is 250 g/mol. The minimum atomic E-state index is -0.0136. The Kier molecular flexibility index (Phi) is 5.58. The Hall–Kier alpha value is -1.62. The van der Waals surface area contributed by atoms with Gasteiger partial charge in [-0.3, -0.25) is 5.41 Å². The number of nitrogen functional groups attached to an aromatic ring is 1. The Morgan fingerprint density at radius 3 is 2.61 bits per heavy atom. The van der Waals surface area contributed by atoms with Crippen molar-refractivity contribution in [2.24, 2.45) is 5.73 Å². The zero-order chi connectivity index (χ0) is 13.5. The molecule has 5 heteroatoms. The molecule has 0 aliphatic carbocycles. The number of likely N-dealkylation sites (N-methyl/N-ethyl adjacent to an activating group) is 1. The first-order valence-electron chi connectivity index (χ1n) is 6.25. The third-order valence-corrected chi connectivity index (χ3v) is 2.83. The molecular formula is C13H22N4O. The van der Waals surface area contributed by atoms with Crippen LogP contribution in [0.5, 0.6) is 5.88 Å². The SMILES string of the molecule is CCN(CC)CCOc1nc(C)ccc1C(=N)N. The zero-order valence-electron chi connectivity index (χ0n) is 11.4. The fraction of sp³-hybridized carbons (Fsp3) is 0.538. The number of amidine groups is 1. The van der Waals surface area contributed by atoms with Gasteiger partial charge < -0.3 is 15.4 Å². The molecule has 1 aromatic rings. The molecule has 5 nitrogen and oxygen atoms in total. The number of rotatable bonds is 7. The molecule has 0 aliphatic rings. The second kappa shape index (κ2) is 6.96. The van der Waals surface area contributed by atoms with Gasteiger partial charge in [-0.05, 0) is 32.1 Å². The highest BCUT2D eigenvalue weighted by Gasteiger charge is 2.09. The monoisotopic (exact) mass is 250 g/mol. The van der Waals surface area contributed by atoms with Gasteiger partial charge in [0.1, 0.15) is 12.4 Å². The lowest BCUT2D eigenvalue weighted by atomic mass is 10.2. The highest BCUT2D eigenvalue weighted by atomic mass is 16.5. The molecule has 0 saturated carbocycles. The van der Waals surface area contributed by atoms with Crippen molar-refractivity contribution >= 4 is 5.84 Å². The highest BCUT2D eigenvalue weighted by molar-refractivity contribution is 5.97. The number of hydrogen-bond acceptors (Lipinski definition) is 4. The Morgan fingerprint density at radius 2 is 2.06 bits per heavy atom. The first-order valence-corrected chi connectivity index (χ1v) is 6.25. The largest absolute Gasteiger partial charge is 0.476 e. The predicted octanol–water partition coefficient (Wildman–Crippen LogP) is 1.39. The van der Waals surface area contributed by atoms with Gasteiger partial charge in [0.15, 0.2) is 0 Å². The van der Waals surface area contributed by atoms with E-state index in [1.165, 1.54) is 0 Å². The van der Waals surface area contributed by atoms with E-state index in [1.807, 2.05) is 13.0 Å². The Labute approximate surface area is 108 Å². The molecule has 0 bridgehead atoms. The van der Waals surface area contributed by atoms with Gasteiger partial charge in [-0.25, -0.2) is 4.98 Å². The summed E-state index contributed by atoms with van der Waals surface area (Å²) in [6.07, 6.45) is 0. The molecule has 0 fully saturated rings. The summed E-state index contributed by atoms with van der Waals surface area (Å²) in [5.74, 6) is 0.440. The van der Waals surface area contributed by atoms with Crippen LogP contribution in [0.1, 0.15) is 25.1 Å². The second-order valence-electron chi connectivity index (χ2n) is 4.09. The molecule has 0 unspecified atom stereocenters. The lowest BCUT2D eigenvalue weighted by Crippen LogP contribution is -2.28. The van der Waals surface area contributed by atoms with Crippen molar-refractivity contribution in [1.82, 2.24) is 9.88 Å². The van der Waals surface area contributed by atoms with Crippen LogP contribution in [0.2, 0.25) is 0 Å². The maximum absolute atomic E-state index is 7.49. The molecule has 0 aromatic carbocycles. The summed E-state index contributed by atoms with van der Waals surface area (Å²) in [7, 11) is 0. The van der Waals surface area contributed by atoms with Gasteiger partial charge in [-0.2, -0.15) is 0 Å². The van der Waals surface area contributed by atoms with E-state index in [0.717, 1.165) is 25.3 Å². The molecular weight excluding hydrogens is 228 g/mol. The van der Waals surface area contributed by atoms with Gasteiger partial charge in [-0.15, -0.1) is 0 Å². The van der Waals surface area contributed by atoms with Gasteiger partial charge in [-0.1, -0.05) is 13.8 Å². The van der Waals surface area contributed by atoms with E-state index in [9.17, 15) is 0 Å². The summed E-state index contributed by atoms with van der Waals surface area (Å²) in [5, 5.41) is 7.49. The van der Waals surface area contributed by atoms with Gasteiger partial charge in [0.2, 0.25) is 5.88 Å². The van der Waals surface area contributed by atoms with Gasteiger partial charge in [0, 0.05) is 12.2 Å². The van der Waals surface area contributed by atoms with Crippen LogP contribution in [-0.4, -0.2) is 42.0 Å². The minimum Gasteiger partial charge on any atom is -0.476 e. The van der Waals surface area contributed by atoms with Crippen molar-refractivity contribution in [3.63, 3.8) is 0 Å². The number of aryl methyl sites for hydroxylation is 1. The zero-order valence-corrected chi connectivity index (χ0v) is 11.4. The Morgan fingerprint density at radius 1 is 1.39 bits per heavy atom. The fourth-order valence-corrected chi connectivity index (χ4v) is 1.66. The lowest BCUT2D eigenvalue weighted by molar-refractivity contribution is 0.217. The number of nitrogens with zero attached hydrogens (tertiary/aromatic N) is 2. The van der Waals surface area contributed by atoms with Crippen LogP contribution >= 0.6 is 0 Å². The highest BCUT2D eigenvalue weighted by Crippen LogP contribution is 2.15. The Balaban J connectivity index is 2.66. The minimum absolute atomic E-state index is 0.0136. The Bertz CT molecular complexity index is 402. The maximum Gasteiger partial charge on any atom is 0.224 e. The van der Waals surface area contributed by atoms with Gasteiger partial charge in [0.05, 0.1) is 5.56 Å². The normalized spacial score (nSPS) is 10.7. The summed E-state index contributed by atoms with van der Waals surface area (Å²) in [6.45, 7) is 9.53. The maximum atomic E-state index is 7.49. The van der Waals surface area contributed by atoms with E-state index in [0.29, 0.717) is 18.1 Å². The molecule has 0 atom stereocenters. The summed E-state index contributed by atoms with van der Waals surface area (Å²) in [6, 6.07) is 3.60. The number of aromatic nitrogens is 1. The van der Waals surface area contributed by atoms with Gasteiger partial charge in [0.25, 0.3) is 0 Å². The van der Waals surface area contributed by atoms with E-state index in [1.54, 1.807) is 6.07 Å². The summed E-state index contributed by atoms with van der Waals surface area (Å²) in [4.78, 5) is 6.55. The average Bonchev–Trinajstić information content (AvgIpc) is 2.34. The van der Waals surface area contributed by atoms with Crippen molar-refractivity contribution in [2.45, 2.75) is 20.8 Å². The second-order valence-corrected chi connectivity index (χ2v) is 4.09. The smallest absolute Gasteiger partial charge is 0.224 e. The van der Waals surface area contributed by atoms with Crippen molar-refractivity contribution in [3.05, 3.63) is 23.4 Å². The standard InChI is InChI=1S/C13H22N4O/c1-4-17(5-2)8-9-18-13-11(12(14)15)7-6-10(3)16-13/h6-7H,4-5,8-9H2,1-3H3,(H3,14,15). The predicted molar refractivity (Wildman–Crippen MR) is 73.3 cm³/mol. The lowest BCUT2D eigenvalue weighted by Gasteiger charge is -2.18. The van der Waals surface area contributed by atoms with Crippen LogP contribution in [0.4, 0.5) is 0 Å². The first kappa shape index (κ1) is 14.4. The van der Waals surface area contributed by atoms with Crippen LogP contribution in [0.25, 0.3) is 0 Å². The molecule has 18 heavy (non-hydrogen) atoms. The van der Waals surface area contributed by atoms with Crippen LogP contribution in [0.3, 0.4) is 0 Å². The van der Waals surface area contributed by atoms with E-state index in [-0.39, 0.29) is 5.84 Å². The summed E-state index contributed by atoms with van der Waals surface area (Å²) >= 11 is 0. The van der Waals surface area contributed by atoms with Crippen LogP contribution in [0.15, 0.2) is 12.1 Å². The van der Waals surface area contributed by atoms with Crippen molar-refractivity contribution in [3.8, 4) is 5.88 Å². The van der Waals surface area contributed by atoms with E-state index in [4.69, 9.17) is 15.9 Å². The quantitative estimate of drug-likeness (QED) is 0.566. The summed E-state index contributed by atoms with van der Waals surface area (Å²) < 4.78 is 5.64. The number of ether oxygens (including phenoxy) is 1. The fourth-order valence-electron chi connectivity index (χ4n) is 1.66. The number of nitrogens with two attached hydrogens (primary N) is 1. The van der Waals surface area contributed by atoms with E-state index < -0.39 is 0 Å². The van der Waals surface area contributed by atoms with Crippen molar-refractivity contribution < 1.29 is 4.74 Å². The molecule has 3 N–H and O–H groups in total. The topological polar surface area (TPSA) is 75.2 Å². The molecule has 1 heterocycles. The third kappa shape index (κ3) is 4.00. The number of hydrogen-bond donors (Lipinski definition) is 2. The molecule has 0 aliphatic heterocycles. The number of nitrogens with one attached hydrogen (secondary N) is 1. The van der Waals surface area contributed by atoms with E-state index >= 15 is 0 Å². The molecule has 0 saturated heterocycles. The molecule has 0 spiro atoms. The molecule has 1 aromatic heterocycles. The third-order valence-electron chi connectivity index (χ3n) is 2.83. The van der Waals surface area contributed by atoms with Crippen LogP contribution in [-0.2, 0) is 0 Å². The molecule has 1 rings (SSSR count). The van der Waals surface area contributed by atoms with Crippen molar-refractivity contribution in [1.29, 1.82) is 5.41 Å². The van der Waals surface area contributed by atoms with Gasteiger partial charge >= 0.3 is 0 Å². The van der Waals surface area contributed by atoms with Crippen LogP contribution in [0, 0.1) is 12.3 Å². The summed E-state index contributed by atoms with van der Waals surface area (Å²) in [5.41, 5.74) is 6.92. The molecule has 0 amide bonds. The molecule has 0 radical (unpaired) electrons. The van der Waals surface area contributed by atoms with Crippen molar-refractivity contribution in [2.75, 3.05) is 26.2 Å².